The van der Waals surface area contributed by atoms with Crippen molar-refractivity contribution < 1.29 is 14.0 Å². The normalized spacial score (nSPS) is 17.2. The number of nitrogens with zero attached hydrogens (tertiary/aromatic N) is 2. The average molecular weight is 305 g/mol. The summed E-state index contributed by atoms with van der Waals surface area (Å²) in [6.45, 7) is 1.85. The first-order valence-corrected chi connectivity index (χ1v) is 7.21. The number of aryl methyl sites for hydroxylation is 1. The second kappa shape index (κ2) is 5.61. The van der Waals surface area contributed by atoms with Crippen molar-refractivity contribution in [2.24, 2.45) is 5.16 Å². The first-order valence-electron chi connectivity index (χ1n) is 6.33. The van der Waals surface area contributed by atoms with Crippen molar-refractivity contribution in [3.63, 3.8) is 0 Å². The highest BCUT2D eigenvalue weighted by atomic mass is 32.1. The number of aromatic nitrogens is 1. The van der Waals surface area contributed by atoms with Gasteiger partial charge in [0, 0.05) is 17.4 Å². The number of nitrogens with one attached hydrogen (secondary N) is 1. The summed E-state index contributed by atoms with van der Waals surface area (Å²) in [6, 6.07) is 6.05. The Balaban J connectivity index is 1.64. The van der Waals surface area contributed by atoms with Crippen molar-refractivity contribution in [1.29, 1.82) is 0 Å². The van der Waals surface area contributed by atoms with Gasteiger partial charge in [-0.05, 0) is 19.1 Å². The zero-order chi connectivity index (χ0) is 14.8. The van der Waals surface area contributed by atoms with E-state index in [0.29, 0.717) is 22.8 Å². The molecule has 1 N–H and O–H groups in total. The average Bonchev–Trinajstić information content (AvgIpc) is 3.08. The van der Waals surface area contributed by atoms with Crippen LogP contribution in [0, 0.1) is 12.7 Å². The van der Waals surface area contributed by atoms with Crippen LogP contribution >= 0.6 is 11.3 Å². The van der Waals surface area contributed by atoms with Crippen LogP contribution in [0.5, 0.6) is 0 Å². The number of benzene rings is 1. The zero-order valence-corrected chi connectivity index (χ0v) is 12.0. The van der Waals surface area contributed by atoms with Gasteiger partial charge in [-0.15, -0.1) is 11.3 Å². The molecule has 3 rings (SSSR count). The van der Waals surface area contributed by atoms with Crippen molar-refractivity contribution in [1.82, 2.24) is 4.98 Å². The van der Waals surface area contributed by atoms with E-state index in [2.05, 4.69) is 15.5 Å². The van der Waals surface area contributed by atoms with Gasteiger partial charge in [-0.25, -0.2) is 9.37 Å². The third-order valence-corrected chi connectivity index (χ3v) is 3.84. The molecule has 108 valence electrons. The van der Waals surface area contributed by atoms with Crippen LogP contribution in [-0.4, -0.2) is 22.7 Å². The van der Waals surface area contributed by atoms with E-state index in [1.165, 1.54) is 23.5 Å². The molecule has 7 heteroatoms. The number of oxime groups is 1. The molecule has 1 amide bonds. The van der Waals surface area contributed by atoms with Gasteiger partial charge in [0.2, 0.25) is 6.10 Å². The maximum Gasteiger partial charge on any atom is 0.270 e. The molecule has 1 atom stereocenters. The summed E-state index contributed by atoms with van der Waals surface area (Å²) in [5, 5.41) is 8.93. The molecule has 21 heavy (non-hydrogen) atoms. The van der Waals surface area contributed by atoms with Crippen molar-refractivity contribution in [3.05, 3.63) is 46.7 Å². The standard InChI is InChI=1S/C14H12FN3O2S/c1-8-7-21-14(16-8)17-13(19)12-6-11(18-20-12)9-3-2-4-10(15)5-9/h2-5,7,12H,6H2,1H3,(H,16,17,19)/t12-/m0/s1. The molecular formula is C14H12FN3O2S. The van der Waals surface area contributed by atoms with Gasteiger partial charge in [0.05, 0.1) is 11.4 Å². The fraction of sp³-hybridized carbons (Fsp3) is 0.214. The third-order valence-electron chi connectivity index (χ3n) is 2.97. The lowest BCUT2D eigenvalue weighted by Crippen LogP contribution is -2.28. The number of amides is 1. The zero-order valence-electron chi connectivity index (χ0n) is 11.2. The second-order valence-electron chi connectivity index (χ2n) is 4.63. The van der Waals surface area contributed by atoms with Gasteiger partial charge in [-0.3, -0.25) is 10.1 Å². The predicted octanol–water partition coefficient (Wildman–Crippen LogP) is 2.72. The second-order valence-corrected chi connectivity index (χ2v) is 5.49. The lowest BCUT2D eigenvalue weighted by Gasteiger charge is -2.06. The Hall–Kier alpha value is -2.28. The van der Waals surface area contributed by atoms with E-state index in [4.69, 9.17) is 4.84 Å². The highest BCUT2D eigenvalue weighted by Crippen LogP contribution is 2.20. The van der Waals surface area contributed by atoms with Crippen LogP contribution in [0.4, 0.5) is 9.52 Å². The van der Waals surface area contributed by atoms with Crippen LogP contribution in [0.15, 0.2) is 34.8 Å². The van der Waals surface area contributed by atoms with Crippen LogP contribution in [0.1, 0.15) is 17.7 Å². The summed E-state index contributed by atoms with van der Waals surface area (Å²) in [6.07, 6.45) is -0.410. The van der Waals surface area contributed by atoms with Gasteiger partial charge in [-0.2, -0.15) is 0 Å². The Morgan fingerprint density at radius 3 is 3.10 bits per heavy atom. The van der Waals surface area contributed by atoms with E-state index >= 15 is 0 Å². The maximum absolute atomic E-state index is 13.2. The number of thiazole rings is 1. The summed E-state index contributed by atoms with van der Waals surface area (Å²) >= 11 is 1.35. The van der Waals surface area contributed by atoms with E-state index in [0.717, 1.165) is 5.69 Å². The highest BCUT2D eigenvalue weighted by molar-refractivity contribution is 7.13. The fourth-order valence-electron chi connectivity index (χ4n) is 1.95. The molecular weight excluding hydrogens is 293 g/mol. The Morgan fingerprint density at radius 2 is 2.38 bits per heavy atom. The number of carbonyl (C=O) groups is 1. The molecule has 0 saturated carbocycles. The predicted molar refractivity (Wildman–Crippen MR) is 77.9 cm³/mol. The number of hydrogen-bond donors (Lipinski definition) is 1. The maximum atomic E-state index is 13.2. The molecule has 1 aliphatic heterocycles. The number of anilines is 1. The monoisotopic (exact) mass is 305 g/mol. The molecule has 1 aromatic carbocycles. The van der Waals surface area contributed by atoms with Gasteiger partial charge in [-0.1, -0.05) is 17.3 Å². The topological polar surface area (TPSA) is 63.6 Å². The van der Waals surface area contributed by atoms with Gasteiger partial charge in [0.15, 0.2) is 5.13 Å². The molecule has 0 unspecified atom stereocenters. The third kappa shape index (κ3) is 3.08. The van der Waals surface area contributed by atoms with E-state index in [-0.39, 0.29) is 11.7 Å². The minimum absolute atomic E-state index is 0.305. The van der Waals surface area contributed by atoms with Gasteiger partial charge in [0.25, 0.3) is 5.91 Å². The summed E-state index contributed by atoms with van der Waals surface area (Å²) in [7, 11) is 0. The summed E-state index contributed by atoms with van der Waals surface area (Å²) < 4.78 is 13.2. The number of rotatable bonds is 3. The highest BCUT2D eigenvalue weighted by Gasteiger charge is 2.29. The lowest BCUT2D eigenvalue weighted by atomic mass is 10.0. The SMILES string of the molecule is Cc1csc(NC(=O)[C@@H]2CC(c3cccc(F)c3)=NO2)n1. The summed E-state index contributed by atoms with van der Waals surface area (Å²) in [4.78, 5) is 21.3. The van der Waals surface area contributed by atoms with Crippen LogP contribution in [0.25, 0.3) is 0 Å². The van der Waals surface area contributed by atoms with E-state index < -0.39 is 6.10 Å². The molecule has 2 aromatic rings. The molecule has 1 aliphatic rings. The van der Waals surface area contributed by atoms with Crippen molar-refractivity contribution in [2.75, 3.05) is 5.32 Å². The van der Waals surface area contributed by atoms with E-state index in [1.807, 2.05) is 12.3 Å². The first kappa shape index (κ1) is 13.7. The number of carbonyl (C=O) groups excluding carboxylic acids is 1. The van der Waals surface area contributed by atoms with E-state index in [9.17, 15) is 9.18 Å². The smallest absolute Gasteiger partial charge is 0.270 e. The molecule has 1 aromatic heterocycles. The first-order chi connectivity index (χ1) is 10.1. The number of halogens is 1. The van der Waals surface area contributed by atoms with Crippen molar-refractivity contribution >= 4 is 28.1 Å². The van der Waals surface area contributed by atoms with Crippen LogP contribution in [0.2, 0.25) is 0 Å². The van der Waals surface area contributed by atoms with Crippen molar-refractivity contribution in [2.45, 2.75) is 19.4 Å². The molecule has 2 heterocycles. The van der Waals surface area contributed by atoms with E-state index in [1.54, 1.807) is 12.1 Å². The molecule has 0 saturated heterocycles. The van der Waals surface area contributed by atoms with Gasteiger partial charge < -0.3 is 4.84 Å². The Kier molecular flexibility index (Phi) is 3.66. The molecule has 0 radical (unpaired) electrons. The largest absolute Gasteiger partial charge is 0.382 e. The van der Waals surface area contributed by atoms with Crippen LogP contribution in [-0.2, 0) is 9.63 Å². The quantitative estimate of drug-likeness (QED) is 0.948. The Morgan fingerprint density at radius 1 is 1.52 bits per heavy atom. The molecule has 0 bridgehead atoms. The van der Waals surface area contributed by atoms with Crippen molar-refractivity contribution in [3.8, 4) is 0 Å². The fourth-order valence-corrected chi connectivity index (χ4v) is 2.64. The Bertz CT molecular complexity index is 714. The summed E-state index contributed by atoms with van der Waals surface area (Å²) in [5.74, 6) is -0.652. The van der Waals surface area contributed by atoms with Gasteiger partial charge >= 0.3 is 0 Å². The summed E-state index contributed by atoms with van der Waals surface area (Å²) in [5.41, 5.74) is 2.03. The molecule has 5 nitrogen and oxygen atoms in total. The minimum atomic E-state index is -0.715. The Labute approximate surface area is 124 Å². The number of hydrogen-bond acceptors (Lipinski definition) is 5. The molecule has 0 fully saturated rings. The minimum Gasteiger partial charge on any atom is -0.382 e. The van der Waals surface area contributed by atoms with Gasteiger partial charge in [0.1, 0.15) is 5.82 Å². The van der Waals surface area contributed by atoms with Crippen LogP contribution < -0.4 is 5.32 Å². The lowest BCUT2D eigenvalue weighted by molar-refractivity contribution is -0.125. The van der Waals surface area contributed by atoms with Crippen LogP contribution in [0.3, 0.4) is 0 Å². The molecule has 0 aliphatic carbocycles. The molecule has 0 spiro atoms.